The Kier molecular flexibility index (Phi) is 9.92. The van der Waals surface area contributed by atoms with Gasteiger partial charge in [0, 0.05) is 6.61 Å². The molecule has 11 heavy (non-hydrogen) atoms. The Morgan fingerprint density at radius 1 is 1.00 bits per heavy atom. The highest BCUT2D eigenvalue weighted by Crippen LogP contribution is 2.04. The van der Waals surface area contributed by atoms with Crippen LogP contribution in [0.15, 0.2) is 0 Å². The van der Waals surface area contributed by atoms with Gasteiger partial charge in [0.1, 0.15) is 0 Å². The lowest BCUT2D eigenvalue weighted by molar-refractivity contribution is 0.197. The van der Waals surface area contributed by atoms with E-state index in [0.29, 0.717) is 0 Å². The molecule has 0 aliphatic carbocycles. The predicted molar refractivity (Wildman–Crippen MR) is 49.3 cm³/mol. The van der Waals surface area contributed by atoms with Gasteiger partial charge in [-0.2, -0.15) is 0 Å². The van der Waals surface area contributed by atoms with Crippen LogP contribution in [0, 0.1) is 6.61 Å². The molecular weight excluding hydrogens is 136 g/mol. The van der Waals surface area contributed by atoms with E-state index in [1.165, 1.54) is 38.5 Å². The van der Waals surface area contributed by atoms with Gasteiger partial charge >= 0.3 is 0 Å². The molecule has 0 saturated carbocycles. The molecule has 0 saturated heterocycles. The lowest BCUT2D eigenvalue weighted by Gasteiger charge is -2.00. The molecule has 0 heterocycles. The first-order valence-electron chi connectivity index (χ1n) is 4.81. The minimum absolute atomic E-state index is 0.905. The van der Waals surface area contributed by atoms with Crippen molar-refractivity contribution in [2.45, 2.75) is 52.4 Å². The van der Waals surface area contributed by atoms with E-state index in [1.54, 1.807) is 6.61 Å². The molecule has 0 rings (SSSR count). The van der Waals surface area contributed by atoms with Crippen LogP contribution in [0.2, 0.25) is 0 Å². The molecule has 0 aliphatic rings. The van der Waals surface area contributed by atoms with E-state index < -0.39 is 0 Å². The van der Waals surface area contributed by atoms with Crippen molar-refractivity contribution in [3.05, 3.63) is 6.61 Å². The van der Waals surface area contributed by atoms with Crippen molar-refractivity contribution in [2.24, 2.45) is 0 Å². The molecule has 1 radical (unpaired) electrons. The van der Waals surface area contributed by atoms with E-state index in [9.17, 15) is 0 Å². The summed E-state index contributed by atoms with van der Waals surface area (Å²) in [6, 6.07) is 0. The van der Waals surface area contributed by atoms with Gasteiger partial charge in [0.05, 0.1) is 6.61 Å². The highest BCUT2D eigenvalue weighted by atomic mass is 16.5. The van der Waals surface area contributed by atoms with Crippen LogP contribution in [0.1, 0.15) is 52.4 Å². The predicted octanol–water partition coefficient (Wildman–Crippen LogP) is 3.55. The highest BCUT2D eigenvalue weighted by Gasteiger charge is 1.88. The maximum absolute atomic E-state index is 5.12. The molecule has 0 amide bonds. The molecule has 0 aromatic heterocycles. The standard InChI is InChI=1S/C10H21O/c1-3-5-6-7-8-9-10-11-4-2/h4H,3,5-10H2,1-2H3. The minimum Gasteiger partial charge on any atom is -0.376 e. The summed E-state index contributed by atoms with van der Waals surface area (Å²) in [4.78, 5) is 0. The van der Waals surface area contributed by atoms with Crippen molar-refractivity contribution in [1.29, 1.82) is 0 Å². The number of hydrogen-bond acceptors (Lipinski definition) is 1. The summed E-state index contributed by atoms with van der Waals surface area (Å²) >= 11 is 0. The molecule has 0 unspecified atom stereocenters. The van der Waals surface area contributed by atoms with Crippen molar-refractivity contribution < 1.29 is 4.74 Å². The molecule has 0 aromatic carbocycles. The Morgan fingerprint density at radius 2 is 1.64 bits per heavy atom. The van der Waals surface area contributed by atoms with E-state index in [-0.39, 0.29) is 0 Å². The Labute approximate surface area is 71.1 Å². The van der Waals surface area contributed by atoms with E-state index in [2.05, 4.69) is 6.92 Å². The summed E-state index contributed by atoms with van der Waals surface area (Å²) in [6.45, 7) is 6.85. The second-order valence-corrected chi connectivity index (χ2v) is 2.87. The molecule has 0 aromatic rings. The molecule has 0 fully saturated rings. The third-order valence-electron chi connectivity index (χ3n) is 1.78. The Bertz CT molecular complexity index is 53.9. The summed E-state index contributed by atoms with van der Waals surface area (Å²) in [5, 5.41) is 0. The molecule has 0 spiro atoms. The lowest BCUT2D eigenvalue weighted by Crippen LogP contribution is -1.89. The second-order valence-electron chi connectivity index (χ2n) is 2.87. The topological polar surface area (TPSA) is 9.23 Å². The van der Waals surface area contributed by atoms with Gasteiger partial charge in [0.2, 0.25) is 0 Å². The fraction of sp³-hybridized carbons (Fsp3) is 0.900. The van der Waals surface area contributed by atoms with Crippen LogP contribution in [0.4, 0.5) is 0 Å². The molecule has 0 atom stereocenters. The molecule has 1 heteroatoms. The second kappa shape index (κ2) is 9.96. The third kappa shape index (κ3) is 9.96. The lowest BCUT2D eigenvalue weighted by atomic mass is 10.1. The monoisotopic (exact) mass is 157 g/mol. The summed E-state index contributed by atoms with van der Waals surface area (Å²) < 4.78 is 5.12. The molecule has 67 valence electrons. The summed E-state index contributed by atoms with van der Waals surface area (Å²) in [7, 11) is 0. The zero-order valence-electron chi connectivity index (χ0n) is 7.94. The van der Waals surface area contributed by atoms with Crippen molar-refractivity contribution in [3.8, 4) is 0 Å². The number of rotatable bonds is 8. The summed E-state index contributed by atoms with van der Waals surface area (Å²) in [5.74, 6) is 0. The van der Waals surface area contributed by atoms with Gasteiger partial charge in [-0.3, -0.25) is 0 Å². The third-order valence-corrected chi connectivity index (χ3v) is 1.78. The summed E-state index contributed by atoms with van der Waals surface area (Å²) in [5.41, 5.74) is 0. The van der Waals surface area contributed by atoms with Crippen molar-refractivity contribution >= 4 is 0 Å². The average molecular weight is 157 g/mol. The first-order valence-corrected chi connectivity index (χ1v) is 4.81. The smallest absolute Gasteiger partial charge is 0.0805 e. The van der Waals surface area contributed by atoms with Crippen molar-refractivity contribution in [1.82, 2.24) is 0 Å². The van der Waals surface area contributed by atoms with Gasteiger partial charge in [-0.15, -0.1) is 0 Å². The van der Waals surface area contributed by atoms with Crippen LogP contribution in [0.25, 0.3) is 0 Å². The number of hydrogen-bond donors (Lipinski definition) is 0. The average Bonchev–Trinajstić information content (AvgIpc) is 2.03. The van der Waals surface area contributed by atoms with Crippen LogP contribution in [0.3, 0.4) is 0 Å². The zero-order valence-corrected chi connectivity index (χ0v) is 7.94. The Hall–Kier alpha value is -0.0400. The minimum atomic E-state index is 0.905. The first-order chi connectivity index (χ1) is 5.41. The highest BCUT2D eigenvalue weighted by molar-refractivity contribution is 4.44. The quantitative estimate of drug-likeness (QED) is 0.490. The van der Waals surface area contributed by atoms with Crippen LogP contribution < -0.4 is 0 Å². The molecule has 0 bridgehead atoms. The fourth-order valence-electron chi connectivity index (χ4n) is 1.08. The van der Waals surface area contributed by atoms with Crippen LogP contribution in [0.5, 0.6) is 0 Å². The zero-order chi connectivity index (χ0) is 8.36. The molecule has 0 aliphatic heterocycles. The van der Waals surface area contributed by atoms with Gasteiger partial charge in [-0.25, -0.2) is 0 Å². The molecular formula is C10H21O. The van der Waals surface area contributed by atoms with Gasteiger partial charge < -0.3 is 4.74 Å². The SMILES string of the molecule is C[CH]OCCCCCCCC. The maximum Gasteiger partial charge on any atom is 0.0805 e. The largest absolute Gasteiger partial charge is 0.376 e. The normalized spacial score (nSPS) is 10.4. The van der Waals surface area contributed by atoms with E-state index in [4.69, 9.17) is 4.74 Å². The first kappa shape index (κ1) is 11.0. The number of unbranched alkanes of at least 4 members (excludes halogenated alkanes) is 5. The molecule has 1 nitrogen and oxygen atoms in total. The van der Waals surface area contributed by atoms with E-state index >= 15 is 0 Å². The van der Waals surface area contributed by atoms with Crippen LogP contribution in [-0.2, 0) is 4.74 Å². The molecule has 0 N–H and O–H groups in total. The summed E-state index contributed by atoms with van der Waals surface area (Å²) in [6.07, 6.45) is 8.04. The Morgan fingerprint density at radius 3 is 2.27 bits per heavy atom. The van der Waals surface area contributed by atoms with E-state index in [0.717, 1.165) is 6.61 Å². The van der Waals surface area contributed by atoms with Crippen LogP contribution in [-0.4, -0.2) is 6.61 Å². The Balaban J connectivity index is 2.69. The van der Waals surface area contributed by atoms with Gasteiger partial charge in [-0.05, 0) is 13.3 Å². The van der Waals surface area contributed by atoms with E-state index in [1.807, 2.05) is 6.92 Å². The number of ether oxygens (including phenoxy) is 1. The van der Waals surface area contributed by atoms with Crippen molar-refractivity contribution in [2.75, 3.05) is 6.61 Å². The van der Waals surface area contributed by atoms with Gasteiger partial charge in [-0.1, -0.05) is 39.0 Å². The van der Waals surface area contributed by atoms with Gasteiger partial charge in [0.15, 0.2) is 0 Å². The fourth-order valence-corrected chi connectivity index (χ4v) is 1.08. The van der Waals surface area contributed by atoms with Crippen LogP contribution >= 0.6 is 0 Å². The van der Waals surface area contributed by atoms with Gasteiger partial charge in [0.25, 0.3) is 0 Å². The maximum atomic E-state index is 5.12. The van der Waals surface area contributed by atoms with Crippen molar-refractivity contribution in [3.63, 3.8) is 0 Å².